The second-order valence-electron chi connectivity index (χ2n) is 9.46. The number of allylic oxidation sites excluding steroid dienone is 2. The summed E-state index contributed by atoms with van der Waals surface area (Å²) < 4.78 is 39.5. The van der Waals surface area contributed by atoms with E-state index in [0.29, 0.717) is 11.5 Å². The molecule has 0 aliphatic heterocycles. The van der Waals surface area contributed by atoms with Crippen LogP contribution in [0.5, 0.6) is 0 Å². The first-order chi connectivity index (χ1) is 17.5. The monoisotopic (exact) mass is 526 g/mol. The van der Waals surface area contributed by atoms with Crippen LogP contribution in [0.1, 0.15) is 73.8 Å². The fourth-order valence-corrected chi connectivity index (χ4v) is 4.52. The highest BCUT2D eigenvalue weighted by Gasteiger charge is 2.33. The molecule has 3 aromatic rings. The fourth-order valence-electron chi connectivity index (χ4n) is 4.30. The van der Waals surface area contributed by atoms with Gasteiger partial charge in [0, 0.05) is 0 Å². The van der Waals surface area contributed by atoms with Gasteiger partial charge in [-0.25, -0.2) is 0 Å². The van der Waals surface area contributed by atoms with Gasteiger partial charge in [0.05, 0.1) is 10.6 Å². The van der Waals surface area contributed by atoms with Gasteiger partial charge in [0.25, 0.3) is 0 Å². The first-order valence-corrected chi connectivity index (χ1v) is 13.3. The summed E-state index contributed by atoms with van der Waals surface area (Å²) in [4.78, 5) is 0. The molecule has 37 heavy (non-hydrogen) atoms. The first-order valence-electron chi connectivity index (χ1n) is 12.9. The SMILES string of the molecule is C=CC(=C)CC(CC)c1ccc(CCc2ccc(-c3ccc(Cl)c(C(F)(F)F)c3)cc2)cc1C.CCC. The van der Waals surface area contributed by atoms with Crippen molar-refractivity contribution in [3.8, 4) is 11.1 Å². The van der Waals surface area contributed by atoms with Crippen LogP contribution < -0.4 is 0 Å². The van der Waals surface area contributed by atoms with E-state index in [4.69, 9.17) is 11.6 Å². The molecule has 0 radical (unpaired) electrons. The molecule has 1 atom stereocenters. The fraction of sp³-hybridized carbons (Fsp3) is 0.333. The average molecular weight is 527 g/mol. The largest absolute Gasteiger partial charge is 0.417 e. The third-order valence-corrected chi connectivity index (χ3v) is 6.66. The molecule has 3 aromatic carbocycles. The van der Waals surface area contributed by atoms with Crippen molar-refractivity contribution in [2.45, 2.75) is 71.9 Å². The smallest absolute Gasteiger partial charge is 0.166 e. The van der Waals surface area contributed by atoms with Crippen molar-refractivity contribution >= 4 is 11.6 Å². The van der Waals surface area contributed by atoms with Crippen LogP contribution in [0.4, 0.5) is 13.2 Å². The van der Waals surface area contributed by atoms with E-state index in [1.807, 2.05) is 30.3 Å². The van der Waals surface area contributed by atoms with Gasteiger partial charge in [0.2, 0.25) is 0 Å². The van der Waals surface area contributed by atoms with E-state index in [1.54, 1.807) is 6.07 Å². The second kappa shape index (κ2) is 14.2. The predicted octanol–water partition coefficient (Wildman–Crippen LogP) is 11.2. The van der Waals surface area contributed by atoms with Gasteiger partial charge in [-0.05, 0) is 84.0 Å². The van der Waals surface area contributed by atoms with E-state index >= 15 is 0 Å². The summed E-state index contributed by atoms with van der Waals surface area (Å²) in [5, 5.41) is -0.287. The Labute approximate surface area is 225 Å². The third-order valence-electron chi connectivity index (χ3n) is 6.33. The van der Waals surface area contributed by atoms with Crippen LogP contribution in [-0.2, 0) is 19.0 Å². The Morgan fingerprint density at radius 3 is 2.00 bits per heavy atom. The number of rotatable bonds is 9. The Morgan fingerprint density at radius 2 is 1.46 bits per heavy atom. The lowest BCUT2D eigenvalue weighted by molar-refractivity contribution is -0.137. The van der Waals surface area contributed by atoms with E-state index in [-0.39, 0.29) is 5.02 Å². The molecule has 198 valence electrons. The van der Waals surface area contributed by atoms with Crippen LogP contribution in [0.15, 0.2) is 85.5 Å². The molecule has 4 heteroatoms. The zero-order valence-electron chi connectivity index (χ0n) is 22.4. The minimum Gasteiger partial charge on any atom is -0.166 e. The molecule has 0 aliphatic rings. The molecule has 1 unspecified atom stereocenters. The van der Waals surface area contributed by atoms with Crippen LogP contribution in [0, 0.1) is 6.92 Å². The van der Waals surface area contributed by atoms with Gasteiger partial charge >= 0.3 is 6.18 Å². The molecule has 0 N–H and O–H groups in total. The Hall–Kier alpha value is -2.78. The minimum absolute atomic E-state index is 0.287. The highest BCUT2D eigenvalue weighted by Crippen LogP contribution is 2.37. The average Bonchev–Trinajstić information content (AvgIpc) is 2.86. The van der Waals surface area contributed by atoms with E-state index in [0.717, 1.165) is 48.4 Å². The maximum atomic E-state index is 13.2. The van der Waals surface area contributed by atoms with Crippen LogP contribution >= 0.6 is 11.6 Å². The molecule has 0 spiro atoms. The summed E-state index contributed by atoms with van der Waals surface area (Å²) in [6, 6.07) is 18.4. The Balaban J connectivity index is 0.00000153. The summed E-state index contributed by atoms with van der Waals surface area (Å²) >= 11 is 5.74. The first kappa shape index (κ1) is 30.4. The molecule has 0 heterocycles. The zero-order chi connectivity index (χ0) is 27.6. The van der Waals surface area contributed by atoms with Gasteiger partial charge in [-0.2, -0.15) is 13.2 Å². The molecule has 0 aromatic heterocycles. The lowest BCUT2D eigenvalue weighted by Gasteiger charge is -2.19. The highest BCUT2D eigenvalue weighted by molar-refractivity contribution is 6.31. The minimum atomic E-state index is -4.47. The van der Waals surface area contributed by atoms with Crippen LogP contribution in [0.25, 0.3) is 11.1 Å². The van der Waals surface area contributed by atoms with Crippen LogP contribution in [0.2, 0.25) is 5.02 Å². The quantitative estimate of drug-likeness (QED) is 0.243. The molecule has 0 nitrogen and oxygen atoms in total. The van der Waals surface area contributed by atoms with Crippen LogP contribution in [0.3, 0.4) is 0 Å². The van der Waals surface area contributed by atoms with Gasteiger partial charge in [0.15, 0.2) is 0 Å². The highest BCUT2D eigenvalue weighted by atomic mass is 35.5. The molecule has 3 rings (SSSR count). The summed E-state index contributed by atoms with van der Waals surface area (Å²) in [5.41, 5.74) is 6.55. The Kier molecular flexibility index (Phi) is 11.7. The second-order valence-corrected chi connectivity index (χ2v) is 9.87. The van der Waals surface area contributed by atoms with Crippen molar-refractivity contribution in [3.05, 3.63) is 118 Å². The van der Waals surface area contributed by atoms with E-state index in [2.05, 4.69) is 59.1 Å². The van der Waals surface area contributed by atoms with Crippen molar-refractivity contribution < 1.29 is 13.2 Å². The predicted molar refractivity (Wildman–Crippen MR) is 153 cm³/mol. The van der Waals surface area contributed by atoms with Crippen LogP contribution in [-0.4, -0.2) is 0 Å². The molecule has 0 aliphatic carbocycles. The van der Waals surface area contributed by atoms with E-state index in [1.165, 1.54) is 29.2 Å². The number of alkyl halides is 3. The summed E-state index contributed by atoms with van der Waals surface area (Å²) in [5.74, 6) is 0.442. The molecule has 0 fully saturated rings. The molecule has 0 saturated heterocycles. The van der Waals surface area contributed by atoms with Gasteiger partial charge in [-0.1, -0.05) is 112 Å². The van der Waals surface area contributed by atoms with Crippen molar-refractivity contribution in [2.24, 2.45) is 0 Å². The number of hydrogen-bond donors (Lipinski definition) is 0. The Bertz CT molecular complexity index is 1170. The molecular formula is C33H38ClF3. The van der Waals surface area contributed by atoms with Crippen molar-refractivity contribution in [1.29, 1.82) is 0 Å². The molecule has 0 saturated carbocycles. The number of benzene rings is 3. The maximum Gasteiger partial charge on any atom is 0.417 e. The van der Waals surface area contributed by atoms with Gasteiger partial charge < -0.3 is 0 Å². The molecule has 0 amide bonds. The Morgan fingerprint density at radius 1 is 0.892 bits per heavy atom. The molecular weight excluding hydrogens is 489 g/mol. The summed E-state index contributed by atoms with van der Waals surface area (Å²) in [6.07, 6.45) is 2.34. The van der Waals surface area contributed by atoms with Crippen molar-refractivity contribution in [1.82, 2.24) is 0 Å². The zero-order valence-corrected chi connectivity index (χ0v) is 23.1. The normalized spacial score (nSPS) is 11.9. The molecule has 0 bridgehead atoms. The number of hydrogen-bond acceptors (Lipinski definition) is 0. The van der Waals surface area contributed by atoms with Gasteiger partial charge in [0.1, 0.15) is 0 Å². The lowest BCUT2D eigenvalue weighted by atomic mass is 9.86. The van der Waals surface area contributed by atoms with Gasteiger partial charge in [-0.3, -0.25) is 0 Å². The van der Waals surface area contributed by atoms with E-state index < -0.39 is 11.7 Å². The van der Waals surface area contributed by atoms with Crippen molar-refractivity contribution in [2.75, 3.05) is 0 Å². The number of halogens is 4. The maximum absolute atomic E-state index is 13.2. The number of aryl methyl sites for hydroxylation is 3. The lowest BCUT2D eigenvalue weighted by Crippen LogP contribution is -2.05. The standard InChI is InChI=1S/C30H30ClF3.C3H8/c1-5-20(3)17-24(6-2)27-15-11-23(18-21(27)4)8-7-22-9-12-25(13-10-22)26-14-16-29(31)28(19-26)30(32,33)34;1-3-2/h5,9-16,18-19,24H,1,3,6-8,17H2,2,4H3;3H2,1-2H3. The third kappa shape index (κ3) is 8.93. The topological polar surface area (TPSA) is 0 Å². The summed E-state index contributed by atoms with van der Waals surface area (Å²) in [7, 11) is 0. The van der Waals surface area contributed by atoms with Crippen molar-refractivity contribution in [3.63, 3.8) is 0 Å². The summed E-state index contributed by atoms with van der Waals surface area (Å²) in [6.45, 7) is 16.5. The van der Waals surface area contributed by atoms with E-state index in [9.17, 15) is 13.2 Å². The van der Waals surface area contributed by atoms with Gasteiger partial charge in [-0.15, -0.1) is 0 Å².